The van der Waals surface area contributed by atoms with Crippen molar-refractivity contribution in [2.75, 3.05) is 4.90 Å². The Kier molecular flexibility index (Phi) is 4.69. The molecule has 1 saturated heterocycles. The summed E-state index contributed by atoms with van der Waals surface area (Å²) in [6, 6.07) is 18.2. The topological polar surface area (TPSA) is 96.3 Å². The van der Waals surface area contributed by atoms with Crippen molar-refractivity contribution >= 4 is 23.2 Å². The summed E-state index contributed by atoms with van der Waals surface area (Å²) in [5.74, 6) is -0.940. The molecule has 2 heterocycles. The van der Waals surface area contributed by atoms with Gasteiger partial charge in [-0.25, -0.2) is 4.90 Å². The van der Waals surface area contributed by atoms with Crippen molar-refractivity contribution < 1.29 is 14.5 Å². The fraction of sp³-hybridized carbons (Fsp3) is 0.333. The van der Waals surface area contributed by atoms with Gasteiger partial charge in [-0.1, -0.05) is 36.4 Å². The summed E-state index contributed by atoms with van der Waals surface area (Å²) in [5, 5.41) is 11.3. The second-order valence-electron chi connectivity index (χ2n) is 9.80. The van der Waals surface area contributed by atoms with Crippen LogP contribution in [0.5, 0.6) is 0 Å². The van der Waals surface area contributed by atoms with Gasteiger partial charge >= 0.3 is 0 Å². The van der Waals surface area contributed by atoms with Crippen LogP contribution in [0.3, 0.4) is 0 Å². The molecule has 0 bridgehead atoms. The molecule has 0 spiro atoms. The molecule has 6 rings (SSSR count). The first-order valence-corrected chi connectivity index (χ1v) is 11.8. The van der Waals surface area contributed by atoms with E-state index in [0.29, 0.717) is 5.92 Å². The van der Waals surface area contributed by atoms with E-state index in [4.69, 9.17) is 0 Å². The van der Waals surface area contributed by atoms with Gasteiger partial charge < -0.3 is 4.98 Å². The number of benzene rings is 2. The minimum Gasteiger partial charge on any atom is -0.362 e. The molecule has 7 nitrogen and oxygen atoms in total. The molecule has 1 aliphatic heterocycles. The summed E-state index contributed by atoms with van der Waals surface area (Å²) in [6.45, 7) is 1.98. The van der Waals surface area contributed by atoms with Crippen LogP contribution in [0.1, 0.15) is 59.5 Å². The second-order valence-corrected chi connectivity index (χ2v) is 9.80. The highest BCUT2D eigenvalue weighted by molar-refractivity contribution is 6.24. The number of nitro benzene ring substituents is 1. The highest BCUT2D eigenvalue weighted by Gasteiger charge is 2.58. The lowest BCUT2D eigenvalue weighted by molar-refractivity contribution is -0.384. The average molecular weight is 456 g/mol. The van der Waals surface area contributed by atoms with Crippen LogP contribution >= 0.6 is 0 Å². The summed E-state index contributed by atoms with van der Waals surface area (Å²) in [6.07, 6.45) is 2.84. The van der Waals surface area contributed by atoms with Crippen molar-refractivity contribution in [2.24, 2.45) is 11.8 Å². The Balaban J connectivity index is 1.43. The standard InChI is InChI=1S/C27H25N3O4/c1-15-12-22-24-23(26(31)29(27(24)32)18-8-5-9-19(14-18)30(33)34)21-13-17(16-6-3-2-4-7-16)10-11-20(21)25(22)28-15/h2-9,12,14,17,20-21,23-24,28H,10-11,13H2,1H3/t17?,20-,21+,23+,24-/m1/s1. The number of nitrogens with zero attached hydrogens (tertiary/aromatic N) is 2. The number of H-pyrrole nitrogens is 1. The van der Waals surface area contributed by atoms with Crippen LogP contribution in [-0.2, 0) is 9.59 Å². The maximum Gasteiger partial charge on any atom is 0.271 e. The number of fused-ring (bicyclic) bond motifs is 6. The second kappa shape index (κ2) is 7.65. The number of aromatic amines is 1. The van der Waals surface area contributed by atoms with Gasteiger partial charge in [-0.3, -0.25) is 19.7 Å². The third kappa shape index (κ3) is 3.03. The van der Waals surface area contributed by atoms with Crippen LogP contribution in [0.2, 0.25) is 0 Å². The molecule has 1 saturated carbocycles. The van der Waals surface area contributed by atoms with Crippen LogP contribution in [-0.4, -0.2) is 21.7 Å². The fourth-order valence-corrected chi connectivity index (χ4v) is 6.63. The Morgan fingerprint density at radius 3 is 2.56 bits per heavy atom. The van der Waals surface area contributed by atoms with Gasteiger partial charge in [0, 0.05) is 29.4 Å². The number of anilines is 1. The van der Waals surface area contributed by atoms with E-state index in [1.165, 1.54) is 28.7 Å². The number of rotatable bonds is 3. The highest BCUT2D eigenvalue weighted by Crippen LogP contribution is 2.58. The molecule has 1 N–H and O–H groups in total. The van der Waals surface area contributed by atoms with Gasteiger partial charge in [-0.15, -0.1) is 0 Å². The van der Waals surface area contributed by atoms with Gasteiger partial charge in [-0.2, -0.15) is 0 Å². The predicted octanol–water partition coefficient (Wildman–Crippen LogP) is 5.19. The van der Waals surface area contributed by atoms with Crippen molar-refractivity contribution in [3.05, 3.63) is 93.3 Å². The fourth-order valence-electron chi connectivity index (χ4n) is 6.63. The van der Waals surface area contributed by atoms with Crippen molar-refractivity contribution in [3.63, 3.8) is 0 Å². The first-order valence-electron chi connectivity index (χ1n) is 11.8. The molecule has 1 aromatic heterocycles. The predicted molar refractivity (Wildman–Crippen MR) is 127 cm³/mol. The van der Waals surface area contributed by atoms with E-state index in [1.54, 1.807) is 6.07 Å². The average Bonchev–Trinajstić information content (AvgIpc) is 3.36. The SMILES string of the molecule is Cc1cc2c([nH]1)[C@@H]1CCC(c3ccccc3)C[C@@H]1[C@@H]1C(=O)N(c3cccc([N+](=O)[O-])c3)C(=O)[C@H]21. The molecule has 1 unspecified atom stereocenters. The van der Waals surface area contributed by atoms with Gasteiger partial charge in [0.15, 0.2) is 0 Å². The molecule has 5 atom stereocenters. The number of nitro groups is 1. The molecule has 172 valence electrons. The van der Waals surface area contributed by atoms with Gasteiger partial charge in [0.05, 0.1) is 22.4 Å². The summed E-state index contributed by atoms with van der Waals surface area (Å²) in [5.41, 5.74) is 4.43. The van der Waals surface area contributed by atoms with E-state index in [1.807, 2.05) is 31.2 Å². The quantitative estimate of drug-likeness (QED) is 0.334. The summed E-state index contributed by atoms with van der Waals surface area (Å²) < 4.78 is 0. The van der Waals surface area contributed by atoms with E-state index in [-0.39, 0.29) is 35.0 Å². The Morgan fingerprint density at radius 1 is 1.00 bits per heavy atom. The molecule has 3 aromatic rings. The Morgan fingerprint density at radius 2 is 1.79 bits per heavy atom. The number of hydrogen-bond acceptors (Lipinski definition) is 4. The van der Waals surface area contributed by atoms with Crippen molar-refractivity contribution in [3.8, 4) is 0 Å². The molecule has 7 heteroatoms. The Hall–Kier alpha value is -3.74. The van der Waals surface area contributed by atoms with E-state index in [9.17, 15) is 19.7 Å². The van der Waals surface area contributed by atoms with Crippen molar-refractivity contribution in [1.29, 1.82) is 0 Å². The van der Waals surface area contributed by atoms with E-state index < -0.39 is 16.8 Å². The molecular weight excluding hydrogens is 430 g/mol. The minimum atomic E-state index is -0.553. The molecule has 3 aliphatic rings. The largest absolute Gasteiger partial charge is 0.362 e. The van der Waals surface area contributed by atoms with Gasteiger partial charge in [0.1, 0.15) is 0 Å². The van der Waals surface area contributed by atoms with Crippen LogP contribution in [0.25, 0.3) is 0 Å². The number of nitrogens with one attached hydrogen (secondary N) is 1. The van der Waals surface area contributed by atoms with Crippen molar-refractivity contribution in [2.45, 2.75) is 43.9 Å². The maximum atomic E-state index is 13.9. The number of aromatic nitrogens is 1. The lowest BCUT2D eigenvalue weighted by Gasteiger charge is -2.43. The van der Waals surface area contributed by atoms with Crippen LogP contribution in [0.15, 0.2) is 60.7 Å². The van der Waals surface area contributed by atoms with Gasteiger partial charge in [0.2, 0.25) is 11.8 Å². The zero-order valence-electron chi connectivity index (χ0n) is 18.8. The number of non-ortho nitro benzene ring substituents is 1. The number of imide groups is 1. The Bertz CT molecular complexity index is 1310. The monoisotopic (exact) mass is 455 g/mol. The number of carbonyl (C=O) groups excluding carboxylic acids is 2. The Labute approximate surface area is 196 Å². The van der Waals surface area contributed by atoms with E-state index in [0.717, 1.165) is 36.2 Å². The number of hydrogen-bond donors (Lipinski definition) is 1. The lowest BCUT2D eigenvalue weighted by Crippen LogP contribution is -2.39. The molecule has 34 heavy (non-hydrogen) atoms. The minimum absolute atomic E-state index is 0.0367. The van der Waals surface area contributed by atoms with Gasteiger partial charge in [0.25, 0.3) is 5.69 Å². The van der Waals surface area contributed by atoms with Crippen molar-refractivity contribution in [1.82, 2.24) is 4.98 Å². The summed E-state index contributed by atoms with van der Waals surface area (Å²) >= 11 is 0. The molecule has 0 radical (unpaired) electrons. The number of amides is 2. The number of aryl methyl sites for hydroxylation is 1. The highest BCUT2D eigenvalue weighted by atomic mass is 16.6. The number of carbonyl (C=O) groups is 2. The summed E-state index contributed by atoms with van der Waals surface area (Å²) in [4.78, 5) is 43.1. The third-order valence-corrected chi connectivity index (χ3v) is 8.00. The van der Waals surface area contributed by atoms with E-state index in [2.05, 4.69) is 17.1 Å². The molecular formula is C27H25N3O4. The van der Waals surface area contributed by atoms with E-state index >= 15 is 0 Å². The maximum absolute atomic E-state index is 13.9. The van der Waals surface area contributed by atoms with Crippen LogP contribution < -0.4 is 4.90 Å². The van der Waals surface area contributed by atoms with Crippen LogP contribution in [0.4, 0.5) is 11.4 Å². The molecule has 2 aliphatic carbocycles. The van der Waals surface area contributed by atoms with Crippen LogP contribution in [0, 0.1) is 28.9 Å². The first kappa shape index (κ1) is 20.8. The summed E-state index contributed by atoms with van der Waals surface area (Å²) in [7, 11) is 0. The molecule has 2 fully saturated rings. The zero-order valence-corrected chi connectivity index (χ0v) is 18.8. The molecule has 2 amide bonds. The normalized spacial score (nSPS) is 27.8. The first-order chi connectivity index (χ1) is 16.4. The smallest absolute Gasteiger partial charge is 0.271 e. The van der Waals surface area contributed by atoms with Gasteiger partial charge in [-0.05, 0) is 61.3 Å². The lowest BCUT2D eigenvalue weighted by atomic mass is 9.59. The molecule has 2 aromatic carbocycles. The third-order valence-electron chi connectivity index (χ3n) is 8.00. The zero-order chi connectivity index (χ0) is 23.6.